The van der Waals surface area contributed by atoms with Gasteiger partial charge in [0.1, 0.15) is 5.58 Å². The number of nitrogens with one attached hydrogen (secondary N) is 1. The molecule has 0 saturated carbocycles. The Morgan fingerprint density at radius 3 is 1.69 bits per heavy atom. The Bertz CT molecular complexity index is 1530. The Hall–Kier alpha value is -4.30. The van der Waals surface area contributed by atoms with Crippen LogP contribution < -0.4 is 5.32 Å². The first-order chi connectivity index (χ1) is 15.9. The highest BCUT2D eigenvalue weighted by Gasteiger charge is 2.15. The van der Waals surface area contributed by atoms with E-state index < -0.39 is 0 Å². The summed E-state index contributed by atoms with van der Waals surface area (Å²) in [6.07, 6.45) is 0. The van der Waals surface area contributed by atoms with E-state index in [9.17, 15) is 0 Å². The normalized spacial score (nSPS) is 11.1. The van der Waals surface area contributed by atoms with Gasteiger partial charge in [-0.3, -0.25) is 0 Å². The molecule has 0 bridgehead atoms. The predicted molar refractivity (Wildman–Crippen MR) is 134 cm³/mol. The van der Waals surface area contributed by atoms with Gasteiger partial charge in [-0.15, -0.1) is 0 Å². The molecule has 0 saturated heterocycles. The van der Waals surface area contributed by atoms with E-state index in [1.807, 2.05) is 12.1 Å². The van der Waals surface area contributed by atoms with E-state index in [1.165, 1.54) is 5.56 Å². The van der Waals surface area contributed by atoms with Gasteiger partial charge in [0.05, 0.1) is 5.69 Å². The van der Waals surface area contributed by atoms with Crippen LogP contribution in [0.5, 0.6) is 0 Å². The van der Waals surface area contributed by atoms with E-state index in [1.54, 1.807) is 0 Å². The molecule has 0 atom stereocenters. The van der Waals surface area contributed by atoms with Crippen molar-refractivity contribution in [2.45, 2.75) is 0 Å². The van der Waals surface area contributed by atoms with Crippen LogP contribution in [0.25, 0.3) is 44.2 Å². The van der Waals surface area contributed by atoms with Crippen LogP contribution in [0.4, 0.5) is 11.4 Å². The van der Waals surface area contributed by atoms with Gasteiger partial charge in [0.25, 0.3) is 0 Å². The lowest BCUT2D eigenvalue weighted by molar-refractivity contribution is 0.671. The van der Waals surface area contributed by atoms with Crippen molar-refractivity contribution in [3.8, 4) is 22.3 Å². The van der Waals surface area contributed by atoms with Crippen LogP contribution in [-0.2, 0) is 0 Å². The Kier molecular flexibility index (Phi) is 4.47. The second kappa shape index (κ2) is 7.75. The van der Waals surface area contributed by atoms with Crippen molar-refractivity contribution in [3.05, 3.63) is 121 Å². The summed E-state index contributed by atoms with van der Waals surface area (Å²) < 4.78 is 6.52. The van der Waals surface area contributed by atoms with Crippen LogP contribution in [0.2, 0.25) is 0 Å². The van der Waals surface area contributed by atoms with Crippen molar-refractivity contribution in [1.29, 1.82) is 0 Å². The van der Waals surface area contributed by atoms with Crippen LogP contribution in [-0.4, -0.2) is 0 Å². The minimum atomic E-state index is 0.869. The van der Waals surface area contributed by atoms with Gasteiger partial charge in [-0.1, -0.05) is 109 Å². The minimum absolute atomic E-state index is 0.869. The van der Waals surface area contributed by atoms with Gasteiger partial charge in [0.2, 0.25) is 0 Å². The second-order valence-corrected chi connectivity index (χ2v) is 7.87. The molecule has 0 spiro atoms. The third kappa shape index (κ3) is 3.14. The average molecular weight is 412 g/mol. The predicted octanol–water partition coefficient (Wildman–Crippen LogP) is 8.66. The first-order valence-corrected chi connectivity index (χ1v) is 10.8. The van der Waals surface area contributed by atoms with Gasteiger partial charge in [-0.05, 0) is 23.3 Å². The Labute approximate surface area is 186 Å². The van der Waals surface area contributed by atoms with E-state index in [4.69, 9.17) is 4.42 Å². The Morgan fingerprint density at radius 2 is 0.938 bits per heavy atom. The summed E-state index contributed by atoms with van der Waals surface area (Å²) in [7, 11) is 0. The summed E-state index contributed by atoms with van der Waals surface area (Å²) in [6, 6.07) is 41.9. The zero-order valence-electron chi connectivity index (χ0n) is 17.5. The lowest BCUT2D eigenvalue weighted by Crippen LogP contribution is -1.93. The van der Waals surface area contributed by atoms with Crippen LogP contribution in [0.1, 0.15) is 0 Å². The molecule has 0 aliphatic heterocycles. The SMILES string of the molecule is c1ccc(-c2ccccc2Nc2cccc3c2oc2c(-c4ccccc4)cccc23)cc1. The highest BCUT2D eigenvalue weighted by Crippen LogP contribution is 2.40. The molecule has 6 rings (SSSR count). The number of hydrogen-bond acceptors (Lipinski definition) is 2. The van der Waals surface area contributed by atoms with Crippen molar-refractivity contribution >= 4 is 33.3 Å². The monoisotopic (exact) mass is 411 g/mol. The molecule has 2 nitrogen and oxygen atoms in total. The maximum absolute atomic E-state index is 6.52. The maximum Gasteiger partial charge on any atom is 0.158 e. The zero-order valence-corrected chi connectivity index (χ0v) is 17.5. The van der Waals surface area contributed by atoms with E-state index >= 15 is 0 Å². The Balaban J connectivity index is 1.51. The van der Waals surface area contributed by atoms with E-state index in [-0.39, 0.29) is 0 Å². The number of benzene rings is 5. The number of furan rings is 1. The van der Waals surface area contributed by atoms with E-state index in [0.29, 0.717) is 0 Å². The smallest absolute Gasteiger partial charge is 0.158 e. The number of anilines is 2. The molecule has 6 aromatic rings. The molecule has 0 unspecified atom stereocenters. The number of rotatable bonds is 4. The molecule has 0 radical (unpaired) electrons. The van der Waals surface area contributed by atoms with Gasteiger partial charge < -0.3 is 9.73 Å². The zero-order chi connectivity index (χ0) is 21.3. The maximum atomic E-state index is 6.52. The molecular weight excluding hydrogens is 390 g/mol. The molecule has 1 N–H and O–H groups in total. The summed E-state index contributed by atoms with van der Waals surface area (Å²) in [4.78, 5) is 0. The van der Waals surface area contributed by atoms with Gasteiger partial charge in [-0.2, -0.15) is 0 Å². The molecule has 152 valence electrons. The number of fused-ring (bicyclic) bond motifs is 3. The van der Waals surface area contributed by atoms with Gasteiger partial charge in [0, 0.05) is 27.6 Å². The first-order valence-electron chi connectivity index (χ1n) is 10.8. The van der Waals surface area contributed by atoms with Gasteiger partial charge in [-0.25, -0.2) is 0 Å². The lowest BCUT2D eigenvalue weighted by Gasteiger charge is -2.12. The van der Waals surface area contributed by atoms with Crippen LogP contribution in [0, 0.1) is 0 Å². The van der Waals surface area contributed by atoms with Crippen molar-refractivity contribution in [1.82, 2.24) is 0 Å². The summed E-state index contributed by atoms with van der Waals surface area (Å²) in [5.41, 5.74) is 8.39. The van der Waals surface area contributed by atoms with Crippen molar-refractivity contribution in [2.75, 3.05) is 5.32 Å². The van der Waals surface area contributed by atoms with Gasteiger partial charge >= 0.3 is 0 Å². The molecule has 32 heavy (non-hydrogen) atoms. The topological polar surface area (TPSA) is 25.2 Å². The molecule has 5 aromatic carbocycles. The standard InChI is InChI=1S/C30H21NO/c1-3-11-21(12-4-1)23-15-7-8-19-27(23)31-28-20-10-18-26-25-17-9-16-24(29(25)32-30(26)28)22-13-5-2-6-14-22/h1-20,31H. The van der Waals surface area contributed by atoms with E-state index in [2.05, 4.69) is 115 Å². The minimum Gasteiger partial charge on any atom is -0.453 e. The highest BCUT2D eigenvalue weighted by atomic mass is 16.3. The summed E-state index contributed by atoms with van der Waals surface area (Å²) >= 11 is 0. The molecule has 0 aliphatic carbocycles. The molecule has 1 heterocycles. The van der Waals surface area contributed by atoms with Crippen LogP contribution in [0.15, 0.2) is 126 Å². The van der Waals surface area contributed by atoms with Crippen LogP contribution in [0.3, 0.4) is 0 Å². The molecule has 0 fully saturated rings. The number of para-hydroxylation sites is 3. The summed E-state index contributed by atoms with van der Waals surface area (Å²) in [5, 5.41) is 5.88. The fraction of sp³-hybridized carbons (Fsp3) is 0. The largest absolute Gasteiger partial charge is 0.453 e. The molecule has 2 heteroatoms. The molecular formula is C30H21NO. The first kappa shape index (κ1) is 18.5. The fourth-order valence-corrected chi connectivity index (χ4v) is 4.37. The van der Waals surface area contributed by atoms with Crippen LogP contribution >= 0.6 is 0 Å². The summed E-state index contributed by atoms with van der Waals surface area (Å²) in [5.74, 6) is 0. The lowest BCUT2D eigenvalue weighted by atomic mass is 10.0. The molecule has 1 aromatic heterocycles. The van der Waals surface area contributed by atoms with Crippen molar-refractivity contribution < 1.29 is 4.42 Å². The quantitative estimate of drug-likeness (QED) is 0.314. The number of hydrogen-bond donors (Lipinski definition) is 1. The Morgan fingerprint density at radius 1 is 0.406 bits per heavy atom. The highest BCUT2D eigenvalue weighted by molar-refractivity contribution is 6.12. The van der Waals surface area contributed by atoms with Crippen molar-refractivity contribution in [2.24, 2.45) is 0 Å². The third-order valence-corrected chi connectivity index (χ3v) is 5.89. The fourth-order valence-electron chi connectivity index (χ4n) is 4.37. The molecule has 0 amide bonds. The second-order valence-electron chi connectivity index (χ2n) is 7.87. The third-order valence-electron chi connectivity index (χ3n) is 5.89. The van der Waals surface area contributed by atoms with Crippen molar-refractivity contribution in [3.63, 3.8) is 0 Å². The average Bonchev–Trinajstić information content (AvgIpc) is 3.25. The molecule has 0 aliphatic rings. The van der Waals surface area contributed by atoms with E-state index in [0.717, 1.165) is 50.0 Å². The summed E-state index contributed by atoms with van der Waals surface area (Å²) in [6.45, 7) is 0. The van der Waals surface area contributed by atoms with Gasteiger partial charge in [0.15, 0.2) is 5.58 Å².